The number of amides is 2. The quantitative estimate of drug-likeness (QED) is 0.757. The highest BCUT2D eigenvalue weighted by Crippen LogP contribution is 2.26. The molecule has 2 amide bonds. The first-order chi connectivity index (χ1) is 7.86. The Labute approximate surface area is 103 Å². The first-order valence-electron chi connectivity index (χ1n) is 5.45. The van der Waals surface area contributed by atoms with Gasteiger partial charge in [-0.05, 0) is 24.4 Å². The Morgan fingerprint density at radius 2 is 1.88 bits per heavy atom. The second-order valence-corrected chi connectivity index (χ2v) is 4.56. The molecule has 7 heteroatoms. The topological polar surface area (TPSA) is 58.2 Å². The molecular formula is C10H15ClF2N2O2. The van der Waals surface area contributed by atoms with Crippen molar-refractivity contribution >= 4 is 23.4 Å². The van der Waals surface area contributed by atoms with Crippen LogP contribution >= 0.6 is 11.6 Å². The Bertz CT molecular complexity index is 307. The van der Waals surface area contributed by atoms with Crippen molar-refractivity contribution in [2.45, 2.75) is 37.1 Å². The summed E-state index contributed by atoms with van der Waals surface area (Å²) in [6, 6.07) is -0.569. The molecule has 0 aromatic rings. The molecule has 0 spiro atoms. The summed E-state index contributed by atoms with van der Waals surface area (Å²) >= 11 is 4.62. The van der Waals surface area contributed by atoms with Crippen LogP contribution in [-0.4, -0.2) is 30.3 Å². The van der Waals surface area contributed by atoms with Gasteiger partial charge in [0.1, 0.15) is 0 Å². The van der Waals surface area contributed by atoms with E-state index in [2.05, 4.69) is 22.2 Å². The lowest BCUT2D eigenvalue weighted by atomic mass is 9.84. The van der Waals surface area contributed by atoms with Gasteiger partial charge in [-0.3, -0.25) is 9.59 Å². The summed E-state index contributed by atoms with van der Waals surface area (Å²) in [6.45, 7) is 0. The van der Waals surface area contributed by atoms with Gasteiger partial charge >= 0.3 is 11.3 Å². The lowest BCUT2D eigenvalue weighted by Gasteiger charge is -2.31. The highest BCUT2D eigenvalue weighted by atomic mass is 35.5. The van der Waals surface area contributed by atoms with Crippen molar-refractivity contribution in [3.05, 3.63) is 0 Å². The maximum absolute atomic E-state index is 12.5. The third kappa shape index (κ3) is 3.80. The van der Waals surface area contributed by atoms with E-state index < -0.39 is 23.2 Å². The van der Waals surface area contributed by atoms with Gasteiger partial charge in [0.15, 0.2) is 0 Å². The maximum Gasteiger partial charge on any atom is 0.399 e. The fourth-order valence-corrected chi connectivity index (χ4v) is 2.11. The van der Waals surface area contributed by atoms with Gasteiger partial charge in [0.25, 0.3) is 0 Å². The molecule has 0 bridgehead atoms. The van der Waals surface area contributed by atoms with Gasteiger partial charge in [0.05, 0.1) is 5.92 Å². The van der Waals surface area contributed by atoms with Crippen molar-refractivity contribution in [1.29, 1.82) is 0 Å². The van der Waals surface area contributed by atoms with Gasteiger partial charge < -0.3 is 10.6 Å². The molecule has 4 nitrogen and oxygen atoms in total. The van der Waals surface area contributed by atoms with Crippen LogP contribution in [0.1, 0.15) is 25.7 Å². The zero-order valence-corrected chi connectivity index (χ0v) is 10.2. The summed E-state index contributed by atoms with van der Waals surface area (Å²) < 4.78 is 25.1. The summed E-state index contributed by atoms with van der Waals surface area (Å²) in [4.78, 5) is 22.6. The molecule has 0 saturated heterocycles. The van der Waals surface area contributed by atoms with E-state index in [1.54, 1.807) is 0 Å². The van der Waals surface area contributed by atoms with Crippen LogP contribution < -0.4 is 10.6 Å². The molecule has 0 aromatic heterocycles. The minimum Gasteiger partial charge on any atom is -0.359 e. The molecule has 1 aliphatic rings. The van der Waals surface area contributed by atoms with E-state index in [0.29, 0.717) is 12.8 Å². The number of hydrogen-bond acceptors (Lipinski definition) is 2. The van der Waals surface area contributed by atoms with Crippen molar-refractivity contribution in [2.24, 2.45) is 5.92 Å². The van der Waals surface area contributed by atoms with Crippen LogP contribution in [0.4, 0.5) is 8.78 Å². The third-order valence-corrected chi connectivity index (χ3v) is 3.09. The zero-order chi connectivity index (χ0) is 13.1. The van der Waals surface area contributed by atoms with Crippen molar-refractivity contribution in [1.82, 2.24) is 10.6 Å². The van der Waals surface area contributed by atoms with Crippen LogP contribution in [0, 0.1) is 5.92 Å². The van der Waals surface area contributed by atoms with E-state index in [4.69, 9.17) is 0 Å². The number of nitrogens with one attached hydrogen (secondary N) is 2. The van der Waals surface area contributed by atoms with Crippen molar-refractivity contribution in [3.63, 3.8) is 0 Å². The van der Waals surface area contributed by atoms with E-state index in [-0.39, 0.29) is 5.91 Å². The first kappa shape index (κ1) is 14.2. The number of rotatable bonds is 3. The smallest absolute Gasteiger partial charge is 0.359 e. The second kappa shape index (κ2) is 5.62. The molecule has 0 heterocycles. The number of hydrogen-bond donors (Lipinski definition) is 2. The lowest BCUT2D eigenvalue weighted by Crippen LogP contribution is -2.50. The zero-order valence-electron chi connectivity index (χ0n) is 9.43. The monoisotopic (exact) mass is 268 g/mol. The molecule has 2 atom stereocenters. The second-order valence-electron chi connectivity index (χ2n) is 4.08. The van der Waals surface area contributed by atoms with E-state index in [9.17, 15) is 18.4 Å². The SMILES string of the molecule is CNC(=O)[C@@H]1CCCC[C@H]1NC(=O)C(F)(F)Cl. The molecule has 1 saturated carbocycles. The van der Waals surface area contributed by atoms with Crippen LogP contribution in [0.5, 0.6) is 0 Å². The molecule has 0 radical (unpaired) electrons. The maximum atomic E-state index is 12.5. The highest BCUT2D eigenvalue weighted by Gasteiger charge is 2.40. The van der Waals surface area contributed by atoms with Gasteiger partial charge in [-0.15, -0.1) is 0 Å². The van der Waals surface area contributed by atoms with E-state index in [0.717, 1.165) is 12.8 Å². The van der Waals surface area contributed by atoms with Crippen molar-refractivity contribution in [2.75, 3.05) is 7.05 Å². The molecule has 1 fully saturated rings. The number of alkyl halides is 3. The van der Waals surface area contributed by atoms with Crippen LogP contribution in [-0.2, 0) is 9.59 Å². The van der Waals surface area contributed by atoms with Gasteiger partial charge in [0, 0.05) is 13.1 Å². The molecule has 0 aliphatic heterocycles. The van der Waals surface area contributed by atoms with Gasteiger partial charge in [-0.2, -0.15) is 8.78 Å². The van der Waals surface area contributed by atoms with E-state index >= 15 is 0 Å². The molecule has 0 unspecified atom stereocenters. The first-order valence-corrected chi connectivity index (χ1v) is 5.83. The molecule has 2 N–H and O–H groups in total. The molecular weight excluding hydrogens is 254 g/mol. The summed E-state index contributed by atoms with van der Waals surface area (Å²) in [5.74, 6) is -2.25. The summed E-state index contributed by atoms with van der Waals surface area (Å²) in [5, 5.41) is 0.682. The normalized spacial score (nSPS) is 25.2. The Morgan fingerprint density at radius 3 is 2.41 bits per heavy atom. The minimum absolute atomic E-state index is 0.243. The fourth-order valence-electron chi connectivity index (χ4n) is 2.05. The highest BCUT2D eigenvalue weighted by molar-refractivity contribution is 6.32. The standard InChI is InChI=1S/C10H15ClF2N2O2/c1-14-8(16)6-4-2-3-5-7(6)15-9(17)10(11,12)13/h6-7H,2-5H2,1H3,(H,14,16)(H,15,17)/t6-,7-/m1/s1. The van der Waals surface area contributed by atoms with Crippen LogP contribution in [0.3, 0.4) is 0 Å². The fraction of sp³-hybridized carbons (Fsp3) is 0.800. The molecule has 1 rings (SSSR count). The average Bonchev–Trinajstić information content (AvgIpc) is 2.27. The number of halogens is 3. The summed E-state index contributed by atoms with van der Waals surface area (Å²) in [5.41, 5.74) is 0. The summed E-state index contributed by atoms with van der Waals surface area (Å²) in [6.07, 6.45) is 2.74. The largest absolute Gasteiger partial charge is 0.399 e. The Balaban J connectivity index is 2.66. The van der Waals surface area contributed by atoms with Gasteiger partial charge in [0.2, 0.25) is 5.91 Å². The van der Waals surface area contributed by atoms with Crippen LogP contribution in [0.25, 0.3) is 0 Å². The average molecular weight is 269 g/mol. The van der Waals surface area contributed by atoms with Crippen molar-refractivity contribution in [3.8, 4) is 0 Å². The minimum atomic E-state index is -3.93. The number of carbonyl (C=O) groups is 2. The van der Waals surface area contributed by atoms with Crippen molar-refractivity contribution < 1.29 is 18.4 Å². The molecule has 98 valence electrons. The van der Waals surface area contributed by atoms with E-state index in [1.165, 1.54) is 7.05 Å². The third-order valence-electron chi connectivity index (χ3n) is 2.92. The molecule has 17 heavy (non-hydrogen) atoms. The Morgan fingerprint density at radius 1 is 1.29 bits per heavy atom. The molecule has 1 aliphatic carbocycles. The lowest BCUT2D eigenvalue weighted by molar-refractivity contribution is -0.138. The Kier molecular flexibility index (Phi) is 4.68. The molecule has 0 aromatic carbocycles. The van der Waals surface area contributed by atoms with E-state index in [1.807, 2.05) is 0 Å². The van der Waals surface area contributed by atoms with Gasteiger partial charge in [-0.25, -0.2) is 0 Å². The predicted octanol–water partition coefficient (Wildman–Crippen LogP) is 1.24. The summed E-state index contributed by atoms with van der Waals surface area (Å²) in [7, 11) is 1.48. The number of carbonyl (C=O) groups excluding carboxylic acids is 2. The Hall–Kier alpha value is -0.910. The predicted molar refractivity (Wildman–Crippen MR) is 58.8 cm³/mol. The van der Waals surface area contributed by atoms with Crippen LogP contribution in [0.15, 0.2) is 0 Å². The van der Waals surface area contributed by atoms with Gasteiger partial charge in [-0.1, -0.05) is 12.8 Å². The van der Waals surface area contributed by atoms with Crippen LogP contribution in [0.2, 0.25) is 0 Å².